The van der Waals surface area contributed by atoms with E-state index in [0.717, 1.165) is 5.56 Å². The molecule has 1 N–H and O–H groups in total. The Labute approximate surface area is 142 Å². The standard InChI is InChI=1S/C16H19F3N2O4/c1-24-12-4-3-10(5-13(12)25-2)7-20-15(23)11-6-14(22)21(8-11)9-16(17,18)19/h3-5,11H,6-9H2,1-2H3,(H,20,23). The molecule has 1 saturated heterocycles. The highest BCUT2D eigenvalue weighted by atomic mass is 19.4. The van der Waals surface area contributed by atoms with Gasteiger partial charge in [0.05, 0.1) is 20.1 Å². The number of hydrogen-bond acceptors (Lipinski definition) is 4. The molecule has 1 aromatic carbocycles. The van der Waals surface area contributed by atoms with Crippen LogP contribution in [0, 0.1) is 5.92 Å². The minimum Gasteiger partial charge on any atom is -0.493 e. The summed E-state index contributed by atoms with van der Waals surface area (Å²) >= 11 is 0. The molecule has 1 aromatic rings. The van der Waals surface area contributed by atoms with Gasteiger partial charge in [0.15, 0.2) is 11.5 Å². The number of carbonyl (C=O) groups is 2. The lowest BCUT2D eigenvalue weighted by atomic mass is 10.1. The summed E-state index contributed by atoms with van der Waals surface area (Å²) in [5.41, 5.74) is 0.738. The zero-order valence-corrected chi connectivity index (χ0v) is 13.9. The van der Waals surface area contributed by atoms with Gasteiger partial charge in [0, 0.05) is 19.5 Å². The summed E-state index contributed by atoms with van der Waals surface area (Å²) in [5.74, 6) is -0.852. The fourth-order valence-corrected chi connectivity index (χ4v) is 2.64. The van der Waals surface area contributed by atoms with Crippen LogP contribution in [-0.2, 0) is 16.1 Å². The smallest absolute Gasteiger partial charge is 0.406 e. The number of alkyl halides is 3. The van der Waals surface area contributed by atoms with E-state index in [1.54, 1.807) is 18.2 Å². The summed E-state index contributed by atoms with van der Waals surface area (Å²) in [7, 11) is 2.99. The van der Waals surface area contributed by atoms with Crippen molar-refractivity contribution in [2.75, 3.05) is 27.3 Å². The maximum Gasteiger partial charge on any atom is 0.406 e. The average molecular weight is 360 g/mol. The predicted octanol–water partition coefficient (Wildman–Crippen LogP) is 1.73. The molecule has 1 fully saturated rings. The fraction of sp³-hybridized carbons (Fsp3) is 0.500. The van der Waals surface area contributed by atoms with Crippen LogP contribution >= 0.6 is 0 Å². The second-order valence-corrected chi connectivity index (χ2v) is 5.70. The Kier molecular flexibility index (Phi) is 5.76. The maximum atomic E-state index is 12.4. The molecule has 0 spiro atoms. The number of amides is 2. The topological polar surface area (TPSA) is 67.9 Å². The predicted molar refractivity (Wildman–Crippen MR) is 82.1 cm³/mol. The second-order valence-electron chi connectivity index (χ2n) is 5.70. The quantitative estimate of drug-likeness (QED) is 0.839. The van der Waals surface area contributed by atoms with Gasteiger partial charge in [-0.05, 0) is 17.7 Å². The Balaban J connectivity index is 1.92. The highest BCUT2D eigenvalue weighted by molar-refractivity contribution is 5.89. The third kappa shape index (κ3) is 5.01. The lowest BCUT2D eigenvalue weighted by Crippen LogP contribution is -2.37. The molecule has 1 unspecified atom stereocenters. The zero-order valence-electron chi connectivity index (χ0n) is 13.9. The zero-order chi connectivity index (χ0) is 18.6. The van der Waals surface area contributed by atoms with E-state index in [9.17, 15) is 22.8 Å². The van der Waals surface area contributed by atoms with Crippen molar-refractivity contribution in [3.63, 3.8) is 0 Å². The third-order valence-electron chi connectivity index (χ3n) is 3.87. The summed E-state index contributed by atoms with van der Waals surface area (Å²) < 4.78 is 47.5. The highest BCUT2D eigenvalue weighted by Crippen LogP contribution is 2.28. The molecule has 0 bridgehead atoms. The van der Waals surface area contributed by atoms with Crippen molar-refractivity contribution >= 4 is 11.8 Å². The monoisotopic (exact) mass is 360 g/mol. The van der Waals surface area contributed by atoms with Gasteiger partial charge in [-0.15, -0.1) is 0 Å². The first-order chi connectivity index (χ1) is 11.7. The van der Waals surface area contributed by atoms with Gasteiger partial charge in [-0.1, -0.05) is 6.07 Å². The largest absolute Gasteiger partial charge is 0.493 e. The van der Waals surface area contributed by atoms with Crippen LogP contribution in [0.25, 0.3) is 0 Å². The number of hydrogen-bond donors (Lipinski definition) is 1. The average Bonchev–Trinajstić information content (AvgIpc) is 2.91. The van der Waals surface area contributed by atoms with Crippen LogP contribution in [0.15, 0.2) is 18.2 Å². The van der Waals surface area contributed by atoms with Crippen LogP contribution in [0.3, 0.4) is 0 Å². The van der Waals surface area contributed by atoms with Gasteiger partial charge >= 0.3 is 6.18 Å². The molecular weight excluding hydrogens is 341 g/mol. The van der Waals surface area contributed by atoms with Gasteiger partial charge in [-0.25, -0.2) is 0 Å². The van der Waals surface area contributed by atoms with Crippen molar-refractivity contribution in [3.8, 4) is 11.5 Å². The van der Waals surface area contributed by atoms with Crippen molar-refractivity contribution < 1.29 is 32.2 Å². The lowest BCUT2D eigenvalue weighted by Gasteiger charge is -2.18. The molecule has 2 amide bonds. The number of benzene rings is 1. The van der Waals surface area contributed by atoms with Gasteiger partial charge in [-0.3, -0.25) is 9.59 Å². The van der Waals surface area contributed by atoms with Gasteiger partial charge in [0.25, 0.3) is 0 Å². The van der Waals surface area contributed by atoms with Crippen LogP contribution < -0.4 is 14.8 Å². The fourth-order valence-electron chi connectivity index (χ4n) is 2.64. The number of nitrogens with one attached hydrogen (secondary N) is 1. The molecule has 2 rings (SSSR count). The molecule has 0 aromatic heterocycles. The van der Waals surface area contributed by atoms with Gasteiger partial charge in [0.1, 0.15) is 6.54 Å². The Hall–Kier alpha value is -2.45. The molecule has 6 nitrogen and oxygen atoms in total. The number of halogens is 3. The number of rotatable bonds is 6. The van der Waals surface area contributed by atoms with Crippen molar-refractivity contribution in [1.29, 1.82) is 0 Å². The first-order valence-electron chi connectivity index (χ1n) is 7.56. The summed E-state index contributed by atoms with van der Waals surface area (Å²) in [5, 5.41) is 2.64. The molecule has 1 heterocycles. The molecule has 1 aliphatic heterocycles. The van der Waals surface area contributed by atoms with Crippen LogP contribution in [0.5, 0.6) is 11.5 Å². The minimum atomic E-state index is -4.47. The summed E-state index contributed by atoms with van der Waals surface area (Å²) in [6, 6.07) is 5.11. The van der Waals surface area contributed by atoms with E-state index in [4.69, 9.17) is 9.47 Å². The van der Waals surface area contributed by atoms with E-state index in [1.807, 2.05) is 0 Å². The van der Waals surface area contributed by atoms with Crippen LogP contribution in [0.2, 0.25) is 0 Å². The van der Waals surface area contributed by atoms with Crippen molar-refractivity contribution in [1.82, 2.24) is 10.2 Å². The molecule has 138 valence electrons. The molecule has 1 aliphatic rings. The Morgan fingerprint density at radius 1 is 1.28 bits per heavy atom. The van der Waals surface area contributed by atoms with E-state index in [1.165, 1.54) is 14.2 Å². The lowest BCUT2D eigenvalue weighted by molar-refractivity contribution is -0.157. The Morgan fingerprint density at radius 3 is 2.56 bits per heavy atom. The Bertz CT molecular complexity index is 649. The molecule has 1 atom stereocenters. The van der Waals surface area contributed by atoms with E-state index < -0.39 is 30.5 Å². The SMILES string of the molecule is COc1ccc(CNC(=O)C2CC(=O)N(CC(F)(F)F)C2)cc1OC. The van der Waals surface area contributed by atoms with Crippen LogP contribution in [0.4, 0.5) is 13.2 Å². The molecule has 0 aliphatic carbocycles. The number of nitrogens with zero attached hydrogens (tertiary/aromatic N) is 1. The van der Waals surface area contributed by atoms with Crippen LogP contribution in [-0.4, -0.2) is 50.2 Å². The number of methoxy groups -OCH3 is 2. The minimum absolute atomic E-state index is 0.170. The molecule has 9 heteroatoms. The summed E-state index contributed by atoms with van der Waals surface area (Å²) in [4.78, 5) is 24.4. The van der Waals surface area contributed by atoms with Gasteiger partial charge in [0.2, 0.25) is 11.8 Å². The summed E-state index contributed by atoms with van der Waals surface area (Å²) in [6.07, 6.45) is -4.69. The van der Waals surface area contributed by atoms with Crippen molar-refractivity contribution in [2.45, 2.75) is 19.1 Å². The third-order valence-corrected chi connectivity index (χ3v) is 3.87. The second kappa shape index (κ2) is 7.62. The first kappa shape index (κ1) is 18.9. The maximum absolute atomic E-state index is 12.4. The molecular formula is C16H19F3N2O4. The number of likely N-dealkylation sites (tertiary alicyclic amines) is 1. The first-order valence-corrected chi connectivity index (χ1v) is 7.56. The molecule has 0 saturated carbocycles. The van der Waals surface area contributed by atoms with Crippen molar-refractivity contribution in [2.24, 2.45) is 5.92 Å². The summed E-state index contributed by atoms with van der Waals surface area (Å²) in [6.45, 7) is -1.38. The van der Waals surface area contributed by atoms with Crippen LogP contribution in [0.1, 0.15) is 12.0 Å². The van der Waals surface area contributed by atoms with Gasteiger partial charge in [-0.2, -0.15) is 13.2 Å². The van der Waals surface area contributed by atoms with E-state index >= 15 is 0 Å². The normalized spacial score (nSPS) is 17.6. The molecule has 0 radical (unpaired) electrons. The van der Waals surface area contributed by atoms with Gasteiger partial charge < -0.3 is 19.7 Å². The van der Waals surface area contributed by atoms with E-state index in [0.29, 0.717) is 16.4 Å². The number of ether oxygens (including phenoxy) is 2. The Morgan fingerprint density at radius 2 is 1.96 bits per heavy atom. The van der Waals surface area contributed by atoms with E-state index in [-0.39, 0.29) is 19.5 Å². The van der Waals surface area contributed by atoms with Crippen molar-refractivity contribution in [3.05, 3.63) is 23.8 Å². The van der Waals surface area contributed by atoms with E-state index in [2.05, 4.69) is 5.32 Å². The number of carbonyl (C=O) groups excluding carboxylic acids is 2. The molecule has 25 heavy (non-hydrogen) atoms. The highest BCUT2D eigenvalue weighted by Gasteiger charge is 2.40.